The van der Waals surface area contributed by atoms with E-state index in [-0.39, 0.29) is 36.2 Å². The molecular weight excluding hydrogens is 316 g/mol. The Morgan fingerprint density at radius 3 is 2.57 bits per heavy atom. The number of likely N-dealkylation sites (tertiary alicyclic amines) is 1. The normalized spacial score (nSPS) is 18.7. The van der Waals surface area contributed by atoms with Crippen LogP contribution in [0.1, 0.15) is 36.0 Å². The summed E-state index contributed by atoms with van der Waals surface area (Å²) in [5, 5.41) is 4.93. The number of primary sulfonamides is 1. The lowest BCUT2D eigenvalue weighted by Gasteiger charge is -2.32. The summed E-state index contributed by atoms with van der Waals surface area (Å²) in [5.41, 5.74) is 0.668. The molecule has 2 N–H and O–H groups in total. The molecular formula is C16H22N2O4S. The van der Waals surface area contributed by atoms with Gasteiger partial charge in [0.25, 0.3) is 0 Å². The first-order valence-corrected chi connectivity index (χ1v) is 9.46. The van der Waals surface area contributed by atoms with E-state index in [0.717, 1.165) is 12.8 Å². The summed E-state index contributed by atoms with van der Waals surface area (Å²) in [5.74, 6) is -0.431. The van der Waals surface area contributed by atoms with Gasteiger partial charge in [-0.25, -0.2) is 13.6 Å². The van der Waals surface area contributed by atoms with Gasteiger partial charge in [-0.3, -0.25) is 9.59 Å². The summed E-state index contributed by atoms with van der Waals surface area (Å²) in [7, 11) is -3.54. The smallest absolute Gasteiger partial charge is 0.222 e. The first-order valence-electron chi connectivity index (χ1n) is 7.74. The fourth-order valence-electron chi connectivity index (χ4n) is 2.84. The molecule has 0 aliphatic carbocycles. The van der Waals surface area contributed by atoms with Crippen molar-refractivity contribution >= 4 is 21.7 Å². The molecule has 0 radical (unpaired) electrons. The Morgan fingerprint density at radius 1 is 1.22 bits per heavy atom. The van der Waals surface area contributed by atoms with Crippen LogP contribution in [0.4, 0.5) is 0 Å². The molecule has 0 spiro atoms. The van der Waals surface area contributed by atoms with E-state index in [0.29, 0.717) is 18.7 Å². The van der Waals surface area contributed by atoms with Crippen LogP contribution in [-0.4, -0.2) is 43.9 Å². The first-order chi connectivity index (χ1) is 10.9. The average molecular weight is 338 g/mol. The highest BCUT2D eigenvalue weighted by atomic mass is 32.2. The number of hydrogen-bond acceptors (Lipinski definition) is 4. The summed E-state index contributed by atoms with van der Waals surface area (Å²) >= 11 is 0. The van der Waals surface area contributed by atoms with Gasteiger partial charge in [-0.05, 0) is 19.3 Å². The van der Waals surface area contributed by atoms with E-state index in [1.54, 1.807) is 17.0 Å². The molecule has 1 atom stereocenters. The van der Waals surface area contributed by atoms with Crippen molar-refractivity contribution in [2.45, 2.75) is 25.7 Å². The van der Waals surface area contributed by atoms with Crippen LogP contribution in [-0.2, 0) is 14.8 Å². The van der Waals surface area contributed by atoms with Crippen LogP contribution in [0.5, 0.6) is 0 Å². The maximum atomic E-state index is 12.5. The van der Waals surface area contributed by atoms with Gasteiger partial charge in [0.05, 0.1) is 5.75 Å². The summed E-state index contributed by atoms with van der Waals surface area (Å²) in [4.78, 5) is 26.3. The molecule has 1 saturated heterocycles. The summed E-state index contributed by atoms with van der Waals surface area (Å²) in [6.07, 6.45) is 1.91. The van der Waals surface area contributed by atoms with Crippen LogP contribution in [0, 0.1) is 5.92 Å². The van der Waals surface area contributed by atoms with Crippen molar-refractivity contribution in [1.82, 2.24) is 4.90 Å². The average Bonchev–Trinajstić information content (AvgIpc) is 2.54. The Balaban J connectivity index is 1.90. The van der Waals surface area contributed by atoms with E-state index in [9.17, 15) is 18.0 Å². The minimum atomic E-state index is -3.54. The third-order valence-corrected chi connectivity index (χ3v) is 4.88. The molecule has 1 fully saturated rings. The summed E-state index contributed by atoms with van der Waals surface area (Å²) < 4.78 is 21.8. The van der Waals surface area contributed by atoms with Gasteiger partial charge in [0.2, 0.25) is 15.9 Å². The molecule has 1 aromatic carbocycles. The van der Waals surface area contributed by atoms with Crippen LogP contribution < -0.4 is 5.14 Å². The fourth-order valence-corrected chi connectivity index (χ4v) is 3.39. The van der Waals surface area contributed by atoms with Crippen LogP contribution in [0.3, 0.4) is 0 Å². The van der Waals surface area contributed by atoms with Crippen LogP contribution in [0.25, 0.3) is 0 Å². The van der Waals surface area contributed by atoms with Gasteiger partial charge in [-0.1, -0.05) is 30.3 Å². The molecule has 23 heavy (non-hydrogen) atoms. The van der Waals surface area contributed by atoms with Crippen molar-refractivity contribution in [3.05, 3.63) is 35.9 Å². The van der Waals surface area contributed by atoms with Crippen LogP contribution >= 0.6 is 0 Å². The zero-order valence-electron chi connectivity index (χ0n) is 13.0. The number of Topliss-reactive ketones (excluding diaryl/α,β-unsaturated/α-hetero) is 1. The van der Waals surface area contributed by atoms with E-state index >= 15 is 0 Å². The lowest BCUT2D eigenvalue weighted by Crippen LogP contribution is -2.42. The minimum absolute atomic E-state index is 0.0626. The number of nitrogens with zero attached hydrogens (tertiary/aromatic N) is 1. The second-order valence-electron chi connectivity index (χ2n) is 5.88. The standard InChI is InChI=1S/C16H22N2O4S/c17-23(21,22)11-5-9-15(19)18-10-4-8-14(12-18)16(20)13-6-2-1-3-7-13/h1-3,6-7,14H,4-5,8-12H2,(H2,17,21,22)/t14-/m0/s1. The summed E-state index contributed by atoms with van der Waals surface area (Å²) in [6, 6.07) is 9.09. The van der Waals surface area contributed by atoms with Crippen molar-refractivity contribution in [1.29, 1.82) is 0 Å². The molecule has 0 bridgehead atoms. The number of carbonyl (C=O) groups is 2. The number of piperidine rings is 1. The second-order valence-corrected chi connectivity index (χ2v) is 7.61. The summed E-state index contributed by atoms with van der Waals surface area (Å²) in [6.45, 7) is 1.02. The predicted octanol–water partition coefficient (Wildman–Crippen LogP) is 1.18. The Labute approximate surface area is 136 Å². The van der Waals surface area contributed by atoms with Crippen molar-refractivity contribution in [3.63, 3.8) is 0 Å². The predicted molar refractivity (Wildman–Crippen MR) is 87.3 cm³/mol. The van der Waals surface area contributed by atoms with Crippen molar-refractivity contribution in [2.24, 2.45) is 11.1 Å². The van der Waals surface area contributed by atoms with Gasteiger partial charge in [0.15, 0.2) is 5.78 Å². The molecule has 1 aliphatic heterocycles. The lowest BCUT2D eigenvalue weighted by molar-refractivity contribution is -0.132. The molecule has 7 heteroatoms. The molecule has 1 aliphatic rings. The van der Waals surface area contributed by atoms with Gasteiger partial charge in [0, 0.05) is 31.0 Å². The van der Waals surface area contributed by atoms with Crippen LogP contribution in [0.15, 0.2) is 30.3 Å². The number of ketones is 1. The maximum Gasteiger partial charge on any atom is 0.222 e. The van der Waals surface area contributed by atoms with E-state index in [4.69, 9.17) is 5.14 Å². The Kier molecular flexibility index (Phi) is 5.90. The van der Waals surface area contributed by atoms with Crippen molar-refractivity contribution in [2.75, 3.05) is 18.8 Å². The van der Waals surface area contributed by atoms with Gasteiger partial charge >= 0.3 is 0 Å². The van der Waals surface area contributed by atoms with E-state index in [1.807, 2.05) is 18.2 Å². The molecule has 2 rings (SSSR count). The highest BCUT2D eigenvalue weighted by molar-refractivity contribution is 7.89. The number of carbonyl (C=O) groups excluding carboxylic acids is 2. The first kappa shape index (κ1) is 17.6. The highest BCUT2D eigenvalue weighted by Crippen LogP contribution is 2.21. The van der Waals surface area contributed by atoms with Gasteiger partial charge in [0.1, 0.15) is 0 Å². The Hall–Kier alpha value is -1.73. The second kappa shape index (κ2) is 7.70. The number of sulfonamides is 1. The molecule has 6 nitrogen and oxygen atoms in total. The van der Waals surface area contributed by atoms with Crippen molar-refractivity contribution < 1.29 is 18.0 Å². The van der Waals surface area contributed by atoms with E-state index < -0.39 is 10.0 Å². The molecule has 1 amide bonds. The molecule has 0 unspecified atom stereocenters. The number of hydrogen-bond donors (Lipinski definition) is 1. The van der Waals surface area contributed by atoms with Crippen LogP contribution in [0.2, 0.25) is 0 Å². The fraction of sp³-hybridized carbons (Fsp3) is 0.500. The molecule has 0 aromatic heterocycles. The largest absolute Gasteiger partial charge is 0.342 e. The quantitative estimate of drug-likeness (QED) is 0.787. The molecule has 1 aromatic rings. The zero-order valence-corrected chi connectivity index (χ0v) is 13.8. The number of benzene rings is 1. The lowest BCUT2D eigenvalue weighted by atomic mass is 9.90. The highest BCUT2D eigenvalue weighted by Gasteiger charge is 2.28. The molecule has 1 heterocycles. The third kappa shape index (κ3) is 5.44. The van der Waals surface area contributed by atoms with Crippen molar-refractivity contribution in [3.8, 4) is 0 Å². The SMILES string of the molecule is NS(=O)(=O)CCCC(=O)N1CCC[C@H](C(=O)c2ccccc2)C1. The van der Waals surface area contributed by atoms with Gasteiger partial charge in [-0.15, -0.1) is 0 Å². The number of amides is 1. The Bertz CT molecular complexity index is 658. The van der Waals surface area contributed by atoms with Gasteiger partial charge in [-0.2, -0.15) is 0 Å². The molecule has 0 saturated carbocycles. The Morgan fingerprint density at radius 2 is 1.91 bits per heavy atom. The van der Waals surface area contributed by atoms with E-state index in [2.05, 4.69) is 0 Å². The maximum absolute atomic E-state index is 12.5. The number of nitrogens with two attached hydrogens (primary N) is 1. The topological polar surface area (TPSA) is 97.5 Å². The molecule has 126 valence electrons. The zero-order chi connectivity index (χ0) is 16.9. The van der Waals surface area contributed by atoms with Gasteiger partial charge < -0.3 is 4.90 Å². The third-order valence-electron chi connectivity index (χ3n) is 4.02. The monoisotopic (exact) mass is 338 g/mol. The minimum Gasteiger partial charge on any atom is -0.342 e. The van der Waals surface area contributed by atoms with E-state index in [1.165, 1.54) is 0 Å². The number of rotatable bonds is 6.